The quantitative estimate of drug-likeness (QED) is 0.631. The van der Waals surface area contributed by atoms with Crippen LogP contribution in [-0.2, 0) is 13.2 Å². The van der Waals surface area contributed by atoms with Gasteiger partial charge in [-0.05, 0) is 56.2 Å². The highest BCUT2D eigenvalue weighted by Gasteiger charge is 2.14. The zero-order chi connectivity index (χ0) is 18.6. The molecular formula is C19H22Cl3NO2. The van der Waals surface area contributed by atoms with E-state index in [1.54, 1.807) is 19.2 Å². The third-order valence-corrected chi connectivity index (χ3v) is 4.50. The van der Waals surface area contributed by atoms with Crippen molar-refractivity contribution in [2.24, 2.45) is 0 Å². The van der Waals surface area contributed by atoms with Crippen LogP contribution in [0.1, 0.15) is 31.9 Å². The Morgan fingerprint density at radius 1 is 0.920 bits per heavy atom. The maximum Gasteiger partial charge on any atom is 0.180 e. The topological polar surface area (TPSA) is 30.5 Å². The van der Waals surface area contributed by atoms with Gasteiger partial charge in [0, 0.05) is 12.1 Å². The van der Waals surface area contributed by atoms with Crippen molar-refractivity contribution in [3.8, 4) is 11.5 Å². The molecular weight excluding hydrogens is 381 g/mol. The molecule has 0 aliphatic carbocycles. The number of benzene rings is 2. The molecule has 136 valence electrons. The van der Waals surface area contributed by atoms with E-state index in [0.717, 1.165) is 11.1 Å². The Morgan fingerprint density at radius 2 is 1.60 bits per heavy atom. The molecule has 0 aliphatic rings. The van der Waals surface area contributed by atoms with Crippen molar-refractivity contribution in [1.82, 2.24) is 5.32 Å². The fourth-order valence-corrected chi connectivity index (χ4v) is 2.78. The lowest BCUT2D eigenvalue weighted by Gasteiger charge is -2.21. The monoisotopic (exact) mass is 401 g/mol. The Hall–Kier alpha value is -1.13. The summed E-state index contributed by atoms with van der Waals surface area (Å²) in [5.41, 5.74) is 1.94. The van der Waals surface area contributed by atoms with Crippen LogP contribution in [0, 0.1) is 0 Å². The maximum atomic E-state index is 6.41. The summed E-state index contributed by atoms with van der Waals surface area (Å²) in [5.74, 6) is 1.10. The van der Waals surface area contributed by atoms with Crippen LogP contribution < -0.4 is 14.8 Å². The van der Waals surface area contributed by atoms with E-state index >= 15 is 0 Å². The molecule has 6 heteroatoms. The highest BCUT2D eigenvalue weighted by Crippen LogP contribution is 2.37. The lowest BCUT2D eigenvalue weighted by molar-refractivity contribution is 0.284. The van der Waals surface area contributed by atoms with Crippen LogP contribution >= 0.6 is 34.8 Å². The van der Waals surface area contributed by atoms with Crippen LogP contribution in [0.3, 0.4) is 0 Å². The number of hydrogen-bond donors (Lipinski definition) is 1. The molecule has 0 spiro atoms. The summed E-state index contributed by atoms with van der Waals surface area (Å²) in [5, 5.41) is 4.93. The lowest BCUT2D eigenvalue weighted by Crippen LogP contribution is -2.35. The first-order valence-corrected chi connectivity index (χ1v) is 9.01. The minimum atomic E-state index is 0.0166. The highest BCUT2D eigenvalue weighted by atomic mass is 35.5. The first-order chi connectivity index (χ1) is 11.7. The first kappa shape index (κ1) is 20.2. The van der Waals surface area contributed by atoms with Crippen LogP contribution in [0.25, 0.3) is 0 Å². The van der Waals surface area contributed by atoms with Gasteiger partial charge in [0.25, 0.3) is 0 Å². The van der Waals surface area contributed by atoms with Crippen molar-refractivity contribution in [2.75, 3.05) is 7.11 Å². The molecule has 2 aromatic rings. The van der Waals surface area contributed by atoms with Crippen LogP contribution in [-0.4, -0.2) is 12.6 Å². The Morgan fingerprint density at radius 3 is 2.20 bits per heavy atom. The Kier molecular flexibility index (Phi) is 6.86. The number of methoxy groups -OCH3 is 1. The molecule has 0 atom stereocenters. The zero-order valence-electron chi connectivity index (χ0n) is 14.8. The molecule has 0 aliphatic heterocycles. The van der Waals surface area contributed by atoms with Crippen molar-refractivity contribution >= 4 is 34.8 Å². The number of ether oxygens (including phenoxy) is 2. The molecule has 3 nitrogen and oxygen atoms in total. The lowest BCUT2D eigenvalue weighted by atomic mass is 10.1. The molecule has 0 bridgehead atoms. The third-order valence-electron chi connectivity index (χ3n) is 3.48. The molecule has 0 saturated carbocycles. The SMILES string of the molecule is COc1cc(CNC(C)(C)C)cc(Cl)c1OCc1ccc(Cl)c(Cl)c1. The molecule has 0 amide bonds. The van der Waals surface area contributed by atoms with E-state index in [2.05, 4.69) is 26.1 Å². The normalized spacial score (nSPS) is 11.5. The fourth-order valence-electron chi connectivity index (χ4n) is 2.17. The average Bonchev–Trinajstić information content (AvgIpc) is 2.54. The van der Waals surface area contributed by atoms with Crippen LogP contribution in [0.4, 0.5) is 0 Å². The average molecular weight is 403 g/mol. The predicted molar refractivity (Wildman–Crippen MR) is 105 cm³/mol. The number of halogens is 3. The molecule has 0 heterocycles. The van der Waals surface area contributed by atoms with Crippen LogP contribution in [0.2, 0.25) is 15.1 Å². The molecule has 1 N–H and O–H groups in total. The molecule has 0 radical (unpaired) electrons. The molecule has 0 aromatic heterocycles. The van der Waals surface area contributed by atoms with E-state index in [0.29, 0.717) is 39.7 Å². The zero-order valence-corrected chi connectivity index (χ0v) is 17.0. The van der Waals surface area contributed by atoms with Crippen LogP contribution in [0.5, 0.6) is 11.5 Å². The second-order valence-corrected chi connectivity index (χ2v) is 7.97. The Labute approximate surface area is 164 Å². The highest BCUT2D eigenvalue weighted by molar-refractivity contribution is 6.42. The van der Waals surface area contributed by atoms with E-state index in [1.807, 2.05) is 18.2 Å². The van der Waals surface area contributed by atoms with Crippen molar-refractivity contribution in [3.05, 3.63) is 56.5 Å². The van der Waals surface area contributed by atoms with Gasteiger partial charge in [0.2, 0.25) is 0 Å². The van der Waals surface area contributed by atoms with Gasteiger partial charge in [0.05, 0.1) is 22.2 Å². The number of hydrogen-bond acceptors (Lipinski definition) is 3. The van der Waals surface area contributed by atoms with Gasteiger partial charge in [-0.15, -0.1) is 0 Å². The van der Waals surface area contributed by atoms with Gasteiger partial charge in [-0.2, -0.15) is 0 Å². The standard InChI is InChI=1S/C19H22Cl3NO2/c1-19(2,3)23-10-13-8-16(22)18(17(9-13)24-4)25-11-12-5-6-14(20)15(21)7-12/h5-9,23H,10-11H2,1-4H3. The molecule has 0 saturated heterocycles. The Balaban J connectivity index is 2.15. The van der Waals surface area contributed by atoms with E-state index in [1.165, 1.54) is 0 Å². The summed E-state index contributed by atoms with van der Waals surface area (Å²) in [7, 11) is 1.60. The van der Waals surface area contributed by atoms with E-state index in [9.17, 15) is 0 Å². The van der Waals surface area contributed by atoms with Crippen molar-refractivity contribution in [3.63, 3.8) is 0 Å². The summed E-state index contributed by atoms with van der Waals surface area (Å²) in [4.78, 5) is 0. The van der Waals surface area contributed by atoms with E-state index in [-0.39, 0.29) is 5.54 Å². The summed E-state index contributed by atoms with van der Waals surface area (Å²) in [6.45, 7) is 7.33. The largest absolute Gasteiger partial charge is 0.493 e. The fraction of sp³-hybridized carbons (Fsp3) is 0.368. The minimum absolute atomic E-state index is 0.0166. The number of nitrogens with one attached hydrogen (secondary N) is 1. The van der Waals surface area contributed by atoms with Gasteiger partial charge in [0.15, 0.2) is 11.5 Å². The van der Waals surface area contributed by atoms with Gasteiger partial charge in [-0.1, -0.05) is 40.9 Å². The van der Waals surface area contributed by atoms with E-state index < -0.39 is 0 Å². The van der Waals surface area contributed by atoms with Gasteiger partial charge in [0.1, 0.15) is 6.61 Å². The molecule has 2 rings (SSSR count). The van der Waals surface area contributed by atoms with Crippen molar-refractivity contribution < 1.29 is 9.47 Å². The Bertz CT molecular complexity index is 742. The molecule has 0 fully saturated rings. The van der Waals surface area contributed by atoms with Gasteiger partial charge in [-0.25, -0.2) is 0 Å². The summed E-state index contributed by atoms with van der Waals surface area (Å²) in [6, 6.07) is 9.17. The second kappa shape index (κ2) is 8.50. The number of rotatable bonds is 6. The molecule has 2 aromatic carbocycles. The minimum Gasteiger partial charge on any atom is -0.493 e. The smallest absolute Gasteiger partial charge is 0.180 e. The van der Waals surface area contributed by atoms with Gasteiger partial charge in [-0.3, -0.25) is 0 Å². The van der Waals surface area contributed by atoms with Crippen LogP contribution in [0.15, 0.2) is 30.3 Å². The van der Waals surface area contributed by atoms with Crippen molar-refractivity contribution in [2.45, 2.75) is 39.5 Å². The molecule has 25 heavy (non-hydrogen) atoms. The van der Waals surface area contributed by atoms with E-state index in [4.69, 9.17) is 44.3 Å². The van der Waals surface area contributed by atoms with Crippen molar-refractivity contribution in [1.29, 1.82) is 0 Å². The van der Waals surface area contributed by atoms with Gasteiger partial charge < -0.3 is 14.8 Å². The first-order valence-electron chi connectivity index (χ1n) is 7.88. The summed E-state index contributed by atoms with van der Waals surface area (Å²) >= 11 is 18.4. The summed E-state index contributed by atoms with van der Waals surface area (Å²) < 4.78 is 11.3. The third kappa shape index (κ3) is 5.96. The second-order valence-electron chi connectivity index (χ2n) is 6.75. The molecule has 0 unspecified atom stereocenters. The van der Waals surface area contributed by atoms with Gasteiger partial charge >= 0.3 is 0 Å². The maximum absolute atomic E-state index is 6.41. The predicted octanol–water partition coefficient (Wildman–Crippen LogP) is 6.12. The summed E-state index contributed by atoms with van der Waals surface area (Å²) in [6.07, 6.45) is 0.